The van der Waals surface area contributed by atoms with E-state index in [1.807, 2.05) is 6.07 Å². The summed E-state index contributed by atoms with van der Waals surface area (Å²) in [5.74, 6) is -0.0972. The smallest absolute Gasteiger partial charge is 0.123 e. The van der Waals surface area contributed by atoms with Gasteiger partial charge in [-0.05, 0) is 23.3 Å². The molecule has 1 aliphatic rings. The number of hydrogen-bond acceptors (Lipinski definition) is 2. The summed E-state index contributed by atoms with van der Waals surface area (Å²) in [6.45, 7) is 6.71. The molecule has 0 radical (unpaired) electrons. The maximum atomic E-state index is 13.2. The first-order valence-electron chi connectivity index (χ1n) is 8.25. The molecule has 0 saturated carbocycles. The van der Waals surface area contributed by atoms with Crippen molar-refractivity contribution in [2.45, 2.75) is 26.0 Å². The van der Waals surface area contributed by atoms with Crippen LogP contribution in [0.5, 0.6) is 0 Å². The summed E-state index contributed by atoms with van der Waals surface area (Å²) in [5.41, 5.74) is 1.21. The van der Waals surface area contributed by atoms with Crippen LogP contribution in [-0.2, 0) is 12.1 Å². The molecule has 122 valence electrons. The second-order valence-electron chi connectivity index (χ2n) is 6.81. The highest BCUT2D eigenvalue weighted by atomic mass is 19.1. The van der Waals surface area contributed by atoms with Crippen LogP contribution < -0.4 is 0 Å². The Balaban J connectivity index is 1.78. The number of rotatable bonds is 3. The van der Waals surface area contributed by atoms with E-state index in [2.05, 4.69) is 43.0 Å². The van der Waals surface area contributed by atoms with E-state index in [9.17, 15) is 9.50 Å². The van der Waals surface area contributed by atoms with Gasteiger partial charge in [-0.25, -0.2) is 4.39 Å². The lowest BCUT2D eigenvalue weighted by Gasteiger charge is -2.48. The van der Waals surface area contributed by atoms with Crippen molar-refractivity contribution in [2.75, 3.05) is 13.1 Å². The Morgan fingerprint density at radius 1 is 1.00 bits per heavy atom. The molecule has 2 nitrogen and oxygen atoms in total. The van der Waals surface area contributed by atoms with E-state index in [-0.39, 0.29) is 17.7 Å². The maximum absolute atomic E-state index is 13.2. The van der Waals surface area contributed by atoms with Crippen LogP contribution in [0, 0.1) is 17.7 Å². The van der Waals surface area contributed by atoms with Crippen molar-refractivity contribution in [1.29, 1.82) is 0 Å². The van der Waals surface area contributed by atoms with E-state index in [1.54, 1.807) is 12.1 Å². The molecule has 1 N–H and O–H groups in total. The summed E-state index contributed by atoms with van der Waals surface area (Å²) in [6, 6.07) is 16.7. The molecular weight excluding hydrogens is 289 g/mol. The quantitative estimate of drug-likeness (QED) is 0.931. The lowest BCUT2D eigenvalue weighted by molar-refractivity contribution is -0.114. The first kappa shape index (κ1) is 16.2. The van der Waals surface area contributed by atoms with Gasteiger partial charge in [-0.15, -0.1) is 0 Å². The van der Waals surface area contributed by atoms with Gasteiger partial charge in [-0.1, -0.05) is 56.3 Å². The fraction of sp³-hybridized carbons (Fsp3) is 0.400. The number of halogens is 1. The average molecular weight is 313 g/mol. The minimum Gasteiger partial charge on any atom is -0.385 e. The van der Waals surface area contributed by atoms with Crippen molar-refractivity contribution < 1.29 is 9.50 Å². The monoisotopic (exact) mass is 313 g/mol. The zero-order valence-corrected chi connectivity index (χ0v) is 13.7. The Morgan fingerprint density at radius 2 is 1.57 bits per heavy atom. The summed E-state index contributed by atoms with van der Waals surface area (Å²) in [6.07, 6.45) is 0. The molecule has 2 aromatic rings. The van der Waals surface area contributed by atoms with Gasteiger partial charge >= 0.3 is 0 Å². The largest absolute Gasteiger partial charge is 0.385 e. The topological polar surface area (TPSA) is 23.5 Å². The Morgan fingerprint density at radius 3 is 2.13 bits per heavy atom. The van der Waals surface area contributed by atoms with Gasteiger partial charge in [-0.3, -0.25) is 4.90 Å². The third-order valence-electron chi connectivity index (χ3n) is 5.12. The van der Waals surface area contributed by atoms with Crippen molar-refractivity contribution >= 4 is 0 Å². The molecule has 0 aromatic heterocycles. The van der Waals surface area contributed by atoms with Gasteiger partial charge in [0.25, 0.3) is 0 Å². The van der Waals surface area contributed by atoms with Crippen molar-refractivity contribution in [1.82, 2.24) is 4.90 Å². The standard InChI is InChI=1S/C20H24FNO/c1-15-12-22(14-17-6-4-3-5-7-17)13-16(2)20(15,23)18-8-10-19(21)11-9-18/h3-11,15-16,23H,12-14H2,1-2H3/t15-,16+,20?. The lowest BCUT2D eigenvalue weighted by Crippen LogP contribution is -2.54. The fourth-order valence-corrected chi connectivity index (χ4v) is 3.87. The molecule has 0 aliphatic carbocycles. The molecule has 3 rings (SSSR count). The fourth-order valence-electron chi connectivity index (χ4n) is 3.87. The van der Waals surface area contributed by atoms with Crippen LogP contribution in [0.15, 0.2) is 54.6 Å². The third-order valence-corrected chi connectivity index (χ3v) is 5.12. The highest BCUT2D eigenvalue weighted by molar-refractivity contribution is 5.26. The molecular formula is C20H24FNO. The summed E-state index contributed by atoms with van der Waals surface area (Å²) >= 11 is 0. The second-order valence-corrected chi connectivity index (χ2v) is 6.81. The van der Waals surface area contributed by atoms with Crippen molar-refractivity contribution in [3.63, 3.8) is 0 Å². The van der Waals surface area contributed by atoms with Crippen LogP contribution >= 0.6 is 0 Å². The lowest BCUT2D eigenvalue weighted by atomic mass is 9.70. The van der Waals surface area contributed by atoms with Crippen LogP contribution in [0.1, 0.15) is 25.0 Å². The van der Waals surface area contributed by atoms with Crippen LogP contribution in [0.25, 0.3) is 0 Å². The number of benzene rings is 2. The molecule has 0 amide bonds. The molecule has 3 atom stereocenters. The molecule has 1 unspecified atom stereocenters. The van der Waals surface area contributed by atoms with E-state index in [0.717, 1.165) is 25.2 Å². The van der Waals surface area contributed by atoms with Crippen LogP contribution in [0.4, 0.5) is 4.39 Å². The molecule has 1 saturated heterocycles. The number of piperidine rings is 1. The Labute approximate surface area is 137 Å². The highest BCUT2D eigenvalue weighted by Gasteiger charge is 2.45. The van der Waals surface area contributed by atoms with E-state index < -0.39 is 5.60 Å². The number of likely N-dealkylation sites (tertiary alicyclic amines) is 1. The Bertz CT molecular complexity index is 628. The first-order valence-corrected chi connectivity index (χ1v) is 8.25. The predicted molar refractivity (Wildman–Crippen MR) is 90.3 cm³/mol. The van der Waals surface area contributed by atoms with Crippen LogP contribution in [0.3, 0.4) is 0 Å². The average Bonchev–Trinajstić information content (AvgIpc) is 2.54. The van der Waals surface area contributed by atoms with Gasteiger partial charge in [0.2, 0.25) is 0 Å². The van der Waals surface area contributed by atoms with Gasteiger partial charge < -0.3 is 5.11 Å². The third kappa shape index (κ3) is 3.17. The zero-order chi connectivity index (χ0) is 16.4. The Kier molecular flexibility index (Phi) is 4.51. The van der Waals surface area contributed by atoms with Gasteiger partial charge in [0.15, 0.2) is 0 Å². The molecule has 2 aromatic carbocycles. The van der Waals surface area contributed by atoms with E-state index in [1.165, 1.54) is 17.7 Å². The Hall–Kier alpha value is -1.71. The number of hydrogen-bond donors (Lipinski definition) is 1. The van der Waals surface area contributed by atoms with Gasteiger partial charge in [0.05, 0.1) is 5.60 Å². The number of aliphatic hydroxyl groups is 1. The first-order chi connectivity index (χ1) is 11.0. The normalized spacial score (nSPS) is 28.7. The number of nitrogens with zero attached hydrogens (tertiary/aromatic N) is 1. The van der Waals surface area contributed by atoms with E-state index in [0.29, 0.717) is 0 Å². The van der Waals surface area contributed by atoms with Crippen molar-refractivity contribution in [2.24, 2.45) is 11.8 Å². The summed E-state index contributed by atoms with van der Waals surface area (Å²) in [7, 11) is 0. The maximum Gasteiger partial charge on any atom is 0.123 e. The predicted octanol–water partition coefficient (Wildman–Crippen LogP) is 3.80. The second kappa shape index (κ2) is 6.42. The van der Waals surface area contributed by atoms with Gasteiger partial charge in [-0.2, -0.15) is 0 Å². The minimum atomic E-state index is -0.902. The summed E-state index contributed by atoms with van der Waals surface area (Å²) in [4.78, 5) is 2.39. The molecule has 0 bridgehead atoms. The van der Waals surface area contributed by atoms with Gasteiger partial charge in [0, 0.05) is 31.5 Å². The summed E-state index contributed by atoms with van der Waals surface area (Å²) < 4.78 is 13.2. The van der Waals surface area contributed by atoms with Crippen molar-refractivity contribution in [3.8, 4) is 0 Å². The molecule has 1 fully saturated rings. The molecule has 1 heterocycles. The molecule has 0 spiro atoms. The SMILES string of the molecule is C[C@@H]1CN(Cc2ccccc2)C[C@H](C)C1(O)c1ccc(F)cc1. The minimum absolute atomic E-state index is 0.0837. The highest BCUT2D eigenvalue weighted by Crippen LogP contribution is 2.41. The zero-order valence-electron chi connectivity index (χ0n) is 13.7. The van der Waals surface area contributed by atoms with Crippen LogP contribution in [0.2, 0.25) is 0 Å². The van der Waals surface area contributed by atoms with Crippen molar-refractivity contribution in [3.05, 3.63) is 71.5 Å². The summed E-state index contributed by atoms with van der Waals surface area (Å²) in [5, 5.41) is 11.3. The van der Waals surface area contributed by atoms with E-state index in [4.69, 9.17) is 0 Å². The molecule has 1 aliphatic heterocycles. The van der Waals surface area contributed by atoms with Crippen LogP contribution in [-0.4, -0.2) is 23.1 Å². The molecule has 3 heteroatoms. The van der Waals surface area contributed by atoms with E-state index >= 15 is 0 Å². The molecule has 23 heavy (non-hydrogen) atoms. The van der Waals surface area contributed by atoms with Gasteiger partial charge in [0.1, 0.15) is 5.82 Å².